The molecule has 3 aromatic rings. The maximum atomic E-state index is 13.2. The van der Waals surface area contributed by atoms with Crippen LogP contribution in [-0.2, 0) is 16.1 Å². The first-order valence-electron chi connectivity index (χ1n) is 12.0. The molecule has 0 spiro atoms. The van der Waals surface area contributed by atoms with Gasteiger partial charge in [0.15, 0.2) is 0 Å². The molecule has 1 saturated heterocycles. The number of hydrogen-bond donors (Lipinski definition) is 3. The Hall–Kier alpha value is -3.76. The van der Waals surface area contributed by atoms with E-state index in [2.05, 4.69) is 10.3 Å². The summed E-state index contributed by atoms with van der Waals surface area (Å²) in [4.78, 5) is 43.7. The standard InChI is InChI=1S/C27H29N3O6S/c1-17-25(37-16-29-17)19-9-7-18(8-10-19)14-28-26(34)23-13-21(31)15-30(23)27(35)20-4-2-5-22(12-20)36-11-3-6-24(32)33/h2,4-5,7-10,12,16,21,23,31H,3,6,11,13-15H2,1H3,(H,28,34)(H,32,33). The number of aromatic nitrogens is 1. The molecule has 4 rings (SSSR count). The van der Waals surface area contributed by atoms with Crippen LogP contribution in [-0.4, -0.2) is 63.2 Å². The second-order valence-corrected chi connectivity index (χ2v) is 9.77. The van der Waals surface area contributed by atoms with E-state index in [4.69, 9.17) is 9.84 Å². The lowest BCUT2D eigenvalue weighted by Crippen LogP contribution is -2.45. The van der Waals surface area contributed by atoms with Crippen LogP contribution in [0.25, 0.3) is 10.4 Å². The third kappa shape index (κ3) is 6.72. The minimum atomic E-state index is -0.896. The van der Waals surface area contributed by atoms with Gasteiger partial charge in [-0.1, -0.05) is 30.3 Å². The summed E-state index contributed by atoms with van der Waals surface area (Å²) < 4.78 is 5.57. The van der Waals surface area contributed by atoms with Gasteiger partial charge < -0.3 is 25.2 Å². The lowest BCUT2D eigenvalue weighted by atomic mass is 10.1. The molecule has 194 valence electrons. The highest BCUT2D eigenvalue weighted by molar-refractivity contribution is 7.13. The molecule has 10 heteroatoms. The number of thiazole rings is 1. The second kappa shape index (κ2) is 12.0. The number of carbonyl (C=O) groups excluding carboxylic acids is 2. The summed E-state index contributed by atoms with van der Waals surface area (Å²) in [5.41, 5.74) is 5.11. The molecule has 1 aliphatic heterocycles. The number of carboxylic acid groups (broad SMARTS) is 1. The molecule has 0 saturated carbocycles. The third-order valence-corrected chi connectivity index (χ3v) is 7.13. The second-order valence-electron chi connectivity index (χ2n) is 8.92. The van der Waals surface area contributed by atoms with E-state index in [-0.39, 0.29) is 37.8 Å². The monoisotopic (exact) mass is 523 g/mol. The summed E-state index contributed by atoms with van der Waals surface area (Å²) in [7, 11) is 0. The van der Waals surface area contributed by atoms with Gasteiger partial charge in [0.25, 0.3) is 5.91 Å². The summed E-state index contributed by atoms with van der Waals surface area (Å²) in [5.74, 6) is -1.16. The van der Waals surface area contributed by atoms with Gasteiger partial charge in [-0.25, -0.2) is 4.98 Å². The number of nitrogens with zero attached hydrogens (tertiary/aromatic N) is 2. The van der Waals surface area contributed by atoms with E-state index < -0.39 is 18.1 Å². The summed E-state index contributed by atoms with van der Waals surface area (Å²) in [6.07, 6.45) is -0.289. The highest BCUT2D eigenvalue weighted by Crippen LogP contribution is 2.27. The molecule has 2 atom stereocenters. The Morgan fingerprint density at radius 3 is 2.68 bits per heavy atom. The van der Waals surface area contributed by atoms with Crippen LogP contribution in [0.1, 0.15) is 40.9 Å². The van der Waals surface area contributed by atoms with Gasteiger partial charge in [0.2, 0.25) is 5.91 Å². The van der Waals surface area contributed by atoms with Crippen molar-refractivity contribution in [2.75, 3.05) is 13.2 Å². The Balaban J connectivity index is 1.36. The Labute approximate surface area is 218 Å². The Bertz CT molecular complexity index is 1260. The average Bonchev–Trinajstić information content (AvgIpc) is 3.50. The van der Waals surface area contributed by atoms with Crippen LogP contribution in [0.4, 0.5) is 0 Å². The maximum Gasteiger partial charge on any atom is 0.303 e. The molecule has 0 aliphatic carbocycles. The largest absolute Gasteiger partial charge is 0.494 e. The van der Waals surface area contributed by atoms with E-state index in [1.54, 1.807) is 35.6 Å². The number of ether oxygens (including phenoxy) is 1. The molecular weight excluding hydrogens is 494 g/mol. The first kappa shape index (κ1) is 26.3. The molecular formula is C27H29N3O6S. The number of β-amino-alcohol motifs (C(OH)–C–C–N with tert-alkyl or cyclic N) is 1. The van der Waals surface area contributed by atoms with Crippen LogP contribution in [0.2, 0.25) is 0 Å². The Morgan fingerprint density at radius 1 is 1.19 bits per heavy atom. The fourth-order valence-electron chi connectivity index (χ4n) is 4.24. The first-order valence-corrected chi connectivity index (χ1v) is 12.9. The van der Waals surface area contributed by atoms with Crippen LogP contribution in [0.15, 0.2) is 54.0 Å². The van der Waals surface area contributed by atoms with Gasteiger partial charge in [0, 0.05) is 31.5 Å². The minimum Gasteiger partial charge on any atom is -0.494 e. The van der Waals surface area contributed by atoms with Crippen molar-refractivity contribution in [3.05, 3.63) is 70.9 Å². The van der Waals surface area contributed by atoms with Crippen molar-refractivity contribution in [1.82, 2.24) is 15.2 Å². The SMILES string of the molecule is Cc1ncsc1-c1ccc(CNC(=O)C2CC(O)CN2C(=O)c2cccc(OCCCC(=O)O)c2)cc1. The number of carboxylic acids is 1. The van der Waals surface area contributed by atoms with Gasteiger partial charge in [0.05, 0.1) is 28.8 Å². The van der Waals surface area contributed by atoms with E-state index in [9.17, 15) is 19.5 Å². The van der Waals surface area contributed by atoms with E-state index >= 15 is 0 Å². The normalized spacial score (nSPS) is 17.0. The van der Waals surface area contributed by atoms with Gasteiger partial charge >= 0.3 is 5.97 Å². The zero-order valence-corrected chi connectivity index (χ0v) is 21.2. The minimum absolute atomic E-state index is 0.00297. The summed E-state index contributed by atoms with van der Waals surface area (Å²) in [6.45, 7) is 2.54. The number of benzene rings is 2. The van der Waals surface area contributed by atoms with Crippen LogP contribution in [0.3, 0.4) is 0 Å². The predicted octanol–water partition coefficient (Wildman–Crippen LogP) is 3.25. The molecule has 2 unspecified atom stereocenters. The molecule has 2 heterocycles. The van der Waals surface area contributed by atoms with Gasteiger partial charge in [-0.15, -0.1) is 11.3 Å². The summed E-state index contributed by atoms with van der Waals surface area (Å²) in [5, 5.41) is 21.9. The quantitative estimate of drug-likeness (QED) is 0.348. The van der Waals surface area contributed by atoms with Crippen molar-refractivity contribution < 1.29 is 29.3 Å². The van der Waals surface area contributed by atoms with E-state index in [0.717, 1.165) is 21.7 Å². The molecule has 2 amide bonds. The zero-order chi connectivity index (χ0) is 26.4. The topological polar surface area (TPSA) is 129 Å². The zero-order valence-electron chi connectivity index (χ0n) is 20.4. The van der Waals surface area contributed by atoms with E-state index in [0.29, 0.717) is 24.3 Å². The maximum absolute atomic E-state index is 13.2. The number of aliphatic hydroxyl groups is 1. The molecule has 0 bridgehead atoms. The fraction of sp³-hybridized carbons (Fsp3) is 0.333. The van der Waals surface area contributed by atoms with Crippen molar-refractivity contribution in [2.45, 2.75) is 44.9 Å². The summed E-state index contributed by atoms with van der Waals surface area (Å²) >= 11 is 1.58. The third-order valence-electron chi connectivity index (χ3n) is 6.16. The van der Waals surface area contributed by atoms with Crippen molar-refractivity contribution in [2.24, 2.45) is 0 Å². The number of hydrogen-bond acceptors (Lipinski definition) is 7. The van der Waals surface area contributed by atoms with Crippen LogP contribution >= 0.6 is 11.3 Å². The van der Waals surface area contributed by atoms with Gasteiger partial charge in [-0.3, -0.25) is 14.4 Å². The van der Waals surface area contributed by atoms with E-state index in [1.165, 1.54) is 4.90 Å². The number of aliphatic hydroxyl groups excluding tert-OH is 1. The smallest absolute Gasteiger partial charge is 0.303 e. The lowest BCUT2D eigenvalue weighted by molar-refractivity contribution is -0.137. The number of amides is 2. The predicted molar refractivity (Wildman–Crippen MR) is 138 cm³/mol. The number of carbonyl (C=O) groups is 3. The van der Waals surface area contributed by atoms with Crippen molar-refractivity contribution >= 4 is 29.1 Å². The van der Waals surface area contributed by atoms with Crippen LogP contribution in [0.5, 0.6) is 5.75 Å². The molecule has 1 fully saturated rings. The molecule has 3 N–H and O–H groups in total. The molecule has 0 radical (unpaired) electrons. The number of rotatable bonds is 10. The van der Waals surface area contributed by atoms with Crippen molar-refractivity contribution in [3.8, 4) is 16.2 Å². The highest BCUT2D eigenvalue weighted by Gasteiger charge is 2.39. The number of nitrogens with one attached hydrogen (secondary N) is 1. The Kier molecular flexibility index (Phi) is 8.52. The number of likely N-dealkylation sites (tertiary alicyclic amines) is 1. The molecule has 1 aromatic heterocycles. The average molecular weight is 524 g/mol. The molecule has 1 aliphatic rings. The van der Waals surface area contributed by atoms with Crippen molar-refractivity contribution in [1.29, 1.82) is 0 Å². The van der Waals surface area contributed by atoms with Gasteiger partial charge in [-0.05, 0) is 42.7 Å². The summed E-state index contributed by atoms with van der Waals surface area (Å²) in [6, 6.07) is 13.6. The van der Waals surface area contributed by atoms with Crippen LogP contribution < -0.4 is 10.1 Å². The fourth-order valence-corrected chi connectivity index (χ4v) is 5.06. The van der Waals surface area contributed by atoms with Gasteiger partial charge in [0.1, 0.15) is 11.8 Å². The molecule has 9 nitrogen and oxygen atoms in total. The number of aryl methyl sites for hydroxylation is 1. The van der Waals surface area contributed by atoms with Crippen molar-refractivity contribution in [3.63, 3.8) is 0 Å². The van der Waals surface area contributed by atoms with Crippen LogP contribution in [0, 0.1) is 6.92 Å². The highest BCUT2D eigenvalue weighted by atomic mass is 32.1. The molecule has 37 heavy (non-hydrogen) atoms. The van der Waals surface area contributed by atoms with Gasteiger partial charge in [-0.2, -0.15) is 0 Å². The Morgan fingerprint density at radius 2 is 1.97 bits per heavy atom. The lowest BCUT2D eigenvalue weighted by Gasteiger charge is -2.24. The number of aliphatic carboxylic acids is 1. The van der Waals surface area contributed by atoms with E-state index in [1.807, 2.05) is 36.7 Å². The first-order chi connectivity index (χ1) is 17.8. The molecule has 2 aromatic carbocycles.